The summed E-state index contributed by atoms with van der Waals surface area (Å²) in [7, 11) is -4.16. The fraction of sp³-hybridized carbons (Fsp3) is 0.529. The first-order valence-corrected chi connectivity index (χ1v) is 8.98. The van der Waals surface area contributed by atoms with E-state index in [0.29, 0.717) is 5.92 Å². The van der Waals surface area contributed by atoms with Gasteiger partial charge in [0.15, 0.2) is 0 Å². The maximum atomic E-state index is 11.1. The van der Waals surface area contributed by atoms with Gasteiger partial charge in [0.05, 0.1) is 11.0 Å². The van der Waals surface area contributed by atoms with E-state index in [1.54, 1.807) is 12.1 Å². The number of aliphatic hydroxyl groups excluding tert-OH is 1. The first-order chi connectivity index (χ1) is 10.1. The lowest BCUT2D eigenvalue weighted by molar-refractivity contribution is 0.0264. The molecule has 3 unspecified atom stereocenters. The molecule has 2 aliphatic rings. The fourth-order valence-corrected chi connectivity index (χ4v) is 4.74. The van der Waals surface area contributed by atoms with Gasteiger partial charge in [0.2, 0.25) is 0 Å². The van der Waals surface area contributed by atoms with Crippen LogP contribution in [0.25, 0.3) is 6.08 Å². The van der Waals surface area contributed by atoms with E-state index in [-0.39, 0.29) is 15.7 Å². The van der Waals surface area contributed by atoms with E-state index in [1.807, 2.05) is 6.08 Å². The molecule has 2 saturated carbocycles. The maximum Gasteiger partial charge on any atom is 0.294 e. The molecule has 1 aromatic carbocycles. The largest absolute Gasteiger partial charge is 0.388 e. The van der Waals surface area contributed by atoms with Crippen LogP contribution < -0.4 is 0 Å². The van der Waals surface area contributed by atoms with Crippen LogP contribution in [0.5, 0.6) is 0 Å². The third kappa shape index (κ3) is 2.07. The molecule has 120 valence electrons. The zero-order valence-corrected chi connectivity index (χ0v) is 13.9. The molecule has 0 aromatic heterocycles. The van der Waals surface area contributed by atoms with Crippen LogP contribution in [0.3, 0.4) is 0 Å². The highest BCUT2D eigenvalue weighted by molar-refractivity contribution is 7.85. The van der Waals surface area contributed by atoms with Crippen LogP contribution in [-0.2, 0) is 10.1 Å². The van der Waals surface area contributed by atoms with E-state index in [1.165, 1.54) is 12.1 Å². The van der Waals surface area contributed by atoms with Crippen molar-refractivity contribution >= 4 is 16.2 Å². The lowest BCUT2D eigenvalue weighted by Crippen LogP contribution is -2.35. The topological polar surface area (TPSA) is 74.6 Å². The van der Waals surface area contributed by atoms with E-state index in [9.17, 15) is 13.5 Å². The van der Waals surface area contributed by atoms with Crippen molar-refractivity contribution in [3.8, 4) is 0 Å². The summed E-state index contributed by atoms with van der Waals surface area (Å²) in [6, 6.07) is 6.08. The molecule has 3 rings (SSSR count). The minimum Gasteiger partial charge on any atom is -0.388 e. The van der Waals surface area contributed by atoms with Crippen LogP contribution >= 0.6 is 0 Å². The zero-order chi connectivity index (χ0) is 16.3. The molecule has 2 bridgehead atoms. The normalized spacial score (nSPS) is 35.2. The van der Waals surface area contributed by atoms with Crippen molar-refractivity contribution in [2.24, 2.45) is 16.7 Å². The minimum absolute atomic E-state index is 0.0621. The van der Waals surface area contributed by atoms with Crippen molar-refractivity contribution in [2.75, 3.05) is 0 Å². The highest BCUT2D eigenvalue weighted by atomic mass is 32.2. The minimum atomic E-state index is -4.16. The predicted molar refractivity (Wildman–Crippen MR) is 84.9 cm³/mol. The molecule has 0 amide bonds. The molecule has 5 heteroatoms. The van der Waals surface area contributed by atoms with Gasteiger partial charge in [-0.25, -0.2) is 0 Å². The average molecular weight is 322 g/mol. The van der Waals surface area contributed by atoms with Crippen LogP contribution in [0, 0.1) is 16.7 Å². The lowest BCUT2D eigenvalue weighted by Gasteiger charge is -2.36. The number of hydrogen-bond donors (Lipinski definition) is 2. The summed E-state index contributed by atoms with van der Waals surface area (Å²) in [6.07, 6.45) is 3.62. The van der Waals surface area contributed by atoms with E-state index >= 15 is 0 Å². The molecular formula is C17H22O4S. The average Bonchev–Trinajstić information content (AvgIpc) is 2.73. The van der Waals surface area contributed by atoms with Gasteiger partial charge in [-0.1, -0.05) is 39.0 Å². The number of rotatable bonds is 2. The van der Waals surface area contributed by atoms with Crippen LogP contribution in [0.1, 0.15) is 39.2 Å². The Morgan fingerprint density at radius 3 is 2.23 bits per heavy atom. The van der Waals surface area contributed by atoms with Gasteiger partial charge in [0.1, 0.15) is 0 Å². The second-order valence-corrected chi connectivity index (χ2v) is 8.74. The number of hydrogen-bond acceptors (Lipinski definition) is 3. The molecule has 4 nitrogen and oxygen atoms in total. The van der Waals surface area contributed by atoms with Gasteiger partial charge >= 0.3 is 0 Å². The maximum absolute atomic E-state index is 11.1. The van der Waals surface area contributed by atoms with Gasteiger partial charge in [-0.15, -0.1) is 0 Å². The Labute approximate surface area is 131 Å². The molecule has 2 N–H and O–H groups in total. The van der Waals surface area contributed by atoms with Gasteiger partial charge in [0.25, 0.3) is 10.1 Å². The van der Waals surface area contributed by atoms with Crippen molar-refractivity contribution < 1.29 is 18.1 Å². The SMILES string of the molecule is CC1(C)C2CCC1(C)C(O)/C2=C/c1ccc(S(=O)(=O)O)cc1. The third-order valence-electron chi connectivity index (χ3n) is 6.13. The molecule has 22 heavy (non-hydrogen) atoms. The highest BCUT2D eigenvalue weighted by Gasteiger charge is 2.63. The second kappa shape index (κ2) is 4.66. The molecular weight excluding hydrogens is 300 g/mol. The Bertz CT molecular complexity index is 730. The van der Waals surface area contributed by atoms with E-state index < -0.39 is 16.2 Å². The van der Waals surface area contributed by atoms with Crippen LogP contribution in [0.2, 0.25) is 0 Å². The van der Waals surface area contributed by atoms with Gasteiger partial charge in [-0.2, -0.15) is 8.42 Å². The van der Waals surface area contributed by atoms with E-state index in [4.69, 9.17) is 4.55 Å². The van der Waals surface area contributed by atoms with E-state index in [2.05, 4.69) is 20.8 Å². The second-order valence-electron chi connectivity index (χ2n) is 7.32. The van der Waals surface area contributed by atoms with Crippen molar-refractivity contribution in [3.63, 3.8) is 0 Å². The Morgan fingerprint density at radius 1 is 1.18 bits per heavy atom. The monoisotopic (exact) mass is 322 g/mol. The molecule has 3 atom stereocenters. The first kappa shape index (κ1) is 15.7. The van der Waals surface area contributed by atoms with Crippen molar-refractivity contribution in [3.05, 3.63) is 35.4 Å². The summed E-state index contributed by atoms with van der Waals surface area (Å²) in [4.78, 5) is -0.115. The molecule has 0 saturated heterocycles. The molecule has 0 aliphatic heterocycles. The lowest BCUT2D eigenvalue weighted by atomic mass is 9.70. The summed E-state index contributed by atoms with van der Waals surface area (Å²) in [6.45, 7) is 6.59. The summed E-state index contributed by atoms with van der Waals surface area (Å²) >= 11 is 0. The van der Waals surface area contributed by atoms with Crippen LogP contribution in [0.15, 0.2) is 34.7 Å². The summed E-state index contributed by atoms with van der Waals surface area (Å²) in [5.74, 6) is 0.355. The fourth-order valence-electron chi connectivity index (χ4n) is 4.26. The van der Waals surface area contributed by atoms with Gasteiger partial charge in [-0.3, -0.25) is 4.55 Å². The van der Waals surface area contributed by atoms with Crippen molar-refractivity contribution in [1.29, 1.82) is 0 Å². The molecule has 0 heterocycles. The zero-order valence-electron chi connectivity index (χ0n) is 13.1. The predicted octanol–water partition coefficient (Wildman–Crippen LogP) is 3.13. The smallest absolute Gasteiger partial charge is 0.294 e. The summed E-state index contributed by atoms with van der Waals surface area (Å²) < 4.78 is 31.2. The van der Waals surface area contributed by atoms with Crippen LogP contribution in [0.4, 0.5) is 0 Å². The number of fused-ring (bicyclic) bond motifs is 2. The molecule has 0 spiro atoms. The Morgan fingerprint density at radius 2 is 1.77 bits per heavy atom. The quantitative estimate of drug-likeness (QED) is 0.820. The number of benzene rings is 1. The van der Waals surface area contributed by atoms with E-state index in [0.717, 1.165) is 24.0 Å². The van der Waals surface area contributed by atoms with Gasteiger partial charge in [-0.05, 0) is 47.4 Å². The molecule has 2 aliphatic carbocycles. The third-order valence-corrected chi connectivity index (χ3v) is 7.00. The Balaban J connectivity index is 1.97. The summed E-state index contributed by atoms with van der Waals surface area (Å²) in [5, 5.41) is 10.7. The molecule has 0 radical (unpaired) electrons. The first-order valence-electron chi connectivity index (χ1n) is 7.54. The summed E-state index contributed by atoms with van der Waals surface area (Å²) in [5.41, 5.74) is 1.84. The van der Waals surface area contributed by atoms with Crippen LogP contribution in [-0.4, -0.2) is 24.2 Å². The van der Waals surface area contributed by atoms with Crippen molar-refractivity contribution in [2.45, 2.75) is 44.6 Å². The van der Waals surface area contributed by atoms with Gasteiger partial charge in [0, 0.05) is 5.41 Å². The van der Waals surface area contributed by atoms with Crippen molar-refractivity contribution in [1.82, 2.24) is 0 Å². The number of aliphatic hydroxyl groups is 1. The standard InChI is InChI=1S/C17H22O4S/c1-16(2)14-8-9-17(16,3)15(18)13(14)10-11-4-6-12(7-5-11)22(19,20)21/h4-7,10,14-15,18H,8-9H2,1-3H3,(H,19,20,21)/b13-10+. The highest BCUT2D eigenvalue weighted by Crippen LogP contribution is 2.67. The molecule has 2 fully saturated rings. The Hall–Kier alpha value is -1.17. The van der Waals surface area contributed by atoms with Gasteiger partial charge < -0.3 is 5.11 Å². The Kier molecular flexibility index (Phi) is 3.33. The molecule has 1 aromatic rings.